The van der Waals surface area contributed by atoms with E-state index in [4.69, 9.17) is 4.74 Å². The number of rotatable bonds is 5. The fraction of sp³-hybridized carbons (Fsp3) is 0.500. The molecule has 0 unspecified atom stereocenters. The van der Waals surface area contributed by atoms with Gasteiger partial charge in [0.15, 0.2) is 5.13 Å². The molecule has 0 bridgehead atoms. The molecule has 1 aliphatic heterocycles. The van der Waals surface area contributed by atoms with Crippen LogP contribution in [0.3, 0.4) is 0 Å². The van der Waals surface area contributed by atoms with Gasteiger partial charge in [0.2, 0.25) is 5.91 Å². The van der Waals surface area contributed by atoms with Crippen molar-refractivity contribution in [2.24, 2.45) is 0 Å². The number of ether oxygens (including phenoxy) is 1. The van der Waals surface area contributed by atoms with E-state index in [2.05, 4.69) is 10.3 Å². The number of nitrogens with one attached hydrogen (secondary N) is 1. The van der Waals surface area contributed by atoms with Crippen molar-refractivity contribution in [2.45, 2.75) is 44.6 Å². The van der Waals surface area contributed by atoms with E-state index >= 15 is 0 Å². The number of thiazole rings is 1. The maximum absolute atomic E-state index is 13.0. The minimum Gasteiger partial charge on any atom is -0.492 e. The normalized spacial score (nSPS) is 18.7. The summed E-state index contributed by atoms with van der Waals surface area (Å²) in [5, 5.41) is 3.14. The molecule has 4 amide bonds. The Morgan fingerprint density at radius 3 is 2.76 bits per heavy atom. The summed E-state index contributed by atoms with van der Waals surface area (Å²) in [4.78, 5) is 45.3. The van der Waals surface area contributed by atoms with E-state index in [1.54, 1.807) is 7.05 Å². The lowest BCUT2D eigenvalue weighted by molar-refractivity contribution is -0.136. The Kier molecular flexibility index (Phi) is 5.16. The lowest BCUT2D eigenvalue weighted by atomic mass is 9.81. The minimum absolute atomic E-state index is 0.261. The van der Waals surface area contributed by atoms with Gasteiger partial charge in [-0.3, -0.25) is 14.5 Å². The third kappa shape index (κ3) is 3.33. The van der Waals surface area contributed by atoms with Crippen LogP contribution in [-0.4, -0.2) is 58.4 Å². The number of urea groups is 1. The molecule has 1 N–H and O–H groups in total. The molecule has 4 rings (SSSR count). The van der Waals surface area contributed by atoms with Crippen LogP contribution in [0.5, 0.6) is 5.75 Å². The van der Waals surface area contributed by atoms with Crippen molar-refractivity contribution in [1.82, 2.24) is 14.8 Å². The second-order valence-electron chi connectivity index (χ2n) is 7.43. The molecule has 2 aliphatic rings. The molecule has 1 saturated heterocycles. The first-order valence-corrected chi connectivity index (χ1v) is 10.7. The van der Waals surface area contributed by atoms with Crippen molar-refractivity contribution >= 4 is 44.5 Å². The predicted molar refractivity (Wildman–Crippen MR) is 110 cm³/mol. The quantitative estimate of drug-likeness (QED) is 0.756. The Bertz CT molecular complexity index is 967. The van der Waals surface area contributed by atoms with E-state index in [9.17, 15) is 14.4 Å². The number of anilines is 1. The number of nitrogens with zero attached hydrogens (tertiary/aromatic N) is 3. The van der Waals surface area contributed by atoms with E-state index in [1.165, 1.54) is 16.2 Å². The number of amides is 4. The molecule has 1 saturated carbocycles. The molecule has 1 aromatic heterocycles. The van der Waals surface area contributed by atoms with Crippen LogP contribution in [0.2, 0.25) is 0 Å². The van der Waals surface area contributed by atoms with Crippen LogP contribution in [0.4, 0.5) is 9.93 Å². The van der Waals surface area contributed by atoms with Crippen LogP contribution in [-0.2, 0) is 9.59 Å². The van der Waals surface area contributed by atoms with Gasteiger partial charge in [0, 0.05) is 7.05 Å². The van der Waals surface area contributed by atoms with Crippen LogP contribution < -0.4 is 10.1 Å². The van der Waals surface area contributed by atoms with Gasteiger partial charge in [-0.2, -0.15) is 0 Å². The molecule has 0 atom stereocenters. The Hall–Kier alpha value is -2.68. The third-order valence-electron chi connectivity index (χ3n) is 5.71. The molecule has 1 aromatic carbocycles. The van der Waals surface area contributed by atoms with Gasteiger partial charge in [0.1, 0.15) is 23.3 Å². The molecule has 2 fully saturated rings. The highest BCUT2D eigenvalue weighted by Gasteiger charge is 2.55. The lowest BCUT2D eigenvalue weighted by Crippen LogP contribution is -2.49. The topological polar surface area (TPSA) is 91.8 Å². The Balaban J connectivity index is 1.48. The molecular weight excluding hydrogens is 392 g/mol. The van der Waals surface area contributed by atoms with Gasteiger partial charge in [0.25, 0.3) is 5.91 Å². The minimum atomic E-state index is -0.780. The van der Waals surface area contributed by atoms with Gasteiger partial charge >= 0.3 is 6.03 Å². The zero-order valence-corrected chi connectivity index (χ0v) is 17.4. The van der Waals surface area contributed by atoms with Crippen molar-refractivity contribution in [2.75, 3.05) is 25.5 Å². The average molecular weight is 417 g/mol. The zero-order valence-electron chi connectivity index (χ0n) is 16.6. The Morgan fingerprint density at radius 1 is 1.28 bits per heavy atom. The summed E-state index contributed by atoms with van der Waals surface area (Å²) in [5.41, 5.74) is -0.0958. The maximum Gasteiger partial charge on any atom is 0.327 e. The molecule has 1 aliphatic carbocycles. The monoisotopic (exact) mass is 416 g/mol. The zero-order chi connectivity index (χ0) is 20.6. The first-order chi connectivity index (χ1) is 14.0. The summed E-state index contributed by atoms with van der Waals surface area (Å²) in [5.74, 6) is -0.0414. The summed E-state index contributed by atoms with van der Waals surface area (Å²) in [6.07, 6.45) is 4.21. The number of para-hydroxylation sites is 1. The second-order valence-corrected chi connectivity index (χ2v) is 8.46. The van der Waals surface area contributed by atoms with Crippen molar-refractivity contribution in [3.63, 3.8) is 0 Å². The van der Waals surface area contributed by atoms with Crippen LogP contribution in [0.1, 0.15) is 39.0 Å². The van der Waals surface area contributed by atoms with Gasteiger partial charge in [-0.05, 0) is 31.9 Å². The number of benzene rings is 1. The van der Waals surface area contributed by atoms with E-state index in [0.29, 0.717) is 35.8 Å². The van der Waals surface area contributed by atoms with Crippen LogP contribution in [0, 0.1) is 0 Å². The van der Waals surface area contributed by atoms with E-state index in [-0.39, 0.29) is 12.5 Å². The maximum atomic E-state index is 13.0. The van der Waals surface area contributed by atoms with Gasteiger partial charge < -0.3 is 15.0 Å². The van der Waals surface area contributed by atoms with Crippen LogP contribution >= 0.6 is 11.3 Å². The third-order valence-corrected chi connectivity index (χ3v) is 6.65. The lowest BCUT2D eigenvalue weighted by Gasteiger charge is -2.35. The Labute approximate surface area is 172 Å². The highest BCUT2D eigenvalue weighted by Crippen LogP contribution is 2.39. The molecule has 8 nitrogen and oxygen atoms in total. The van der Waals surface area contributed by atoms with Crippen molar-refractivity contribution in [1.29, 1.82) is 0 Å². The highest BCUT2D eigenvalue weighted by molar-refractivity contribution is 7.22. The smallest absolute Gasteiger partial charge is 0.327 e. The number of fused-ring (bicyclic) bond motifs is 1. The van der Waals surface area contributed by atoms with Crippen molar-refractivity contribution in [3.05, 3.63) is 18.2 Å². The number of carbonyl (C=O) groups is 3. The highest BCUT2D eigenvalue weighted by atomic mass is 32.1. The van der Waals surface area contributed by atoms with E-state index < -0.39 is 17.5 Å². The van der Waals surface area contributed by atoms with Gasteiger partial charge in [0.05, 0.1) is 11.3 Å². The van der Waals surface area contributed by atoms with E-state index in [0.717, 1.165) is 28.9 Å². The number of carbonyl (C=O) groups excluding carboxylic acids is 3. The first kappa shape index (κ1) is 19.6. The molecule has 0 radical (unpaired) electrons. The van der Waals surface area contributed by atoms with Crippen LogP contribution in [0.25, 0.3) is 10.2 Å². The fourth-order valence-electron chi connectivity index (χ4n) is 4.22. The molecule has 1 spiro atoms. The SMILES string of the molecule is CCOc1cccc2sc(NC(=O)CN3C(=O)N(C)C4(CCCCC4)C3=O)nc12. The van der Waals surface area contributed by atoms with Gasteiger partial charge in [-0.1, -0.05) is 36.7 Å². The molecule has 9 heteroatoms. The fourth-order valence-corrected chi connectivity index (χ4v) is 5.12. The summed E-state index contributed by atoms with van der Waals surface area (Å²) in [6, 6.07) is 5.20. The first-order valence-electron chi connectivity index (χ1n) is 9.88. The molecule has 154 valence electrons. The number of likely N-dealkylation sites (N-methyl/N-ethyl adjacent to an activating group) is 1. The average Bonchev–Trinajstić information content (AvgIpc) is 3.20. The second kappa shape index (κ2) is 7.62. The largest absolute Gasteiger partial charge is 0.492 e. The molecule has 2 heterocycles. The van der Waals surface area contributed by atoms with Gasteiger partial charge in [-0.15, -0.1) is 0 Å². The number of aromatic nitrogens is 1. The van der Waals surface area contributed by atoms with E-state index in [1.807, 2.05) is 25.1 Å². The van der Waals surface area contributed by atoms with Crippen molar-refractivity contribution < 1.29 is 19.1 Å². The van der Waals surface area contributed by atoms with Gasteiger partial charge in [-0.25, -0.2) is 9.78 Å². The predicted octanol–water partition coefficient (Wildman–Crippen LogP) is 3.23. The number of imide groups is 1. The number of hydrogen-bond donors (Lipinski definition) is 1. The van der Waals surface area contributed by atoms with Crippen LogP contribution in [0.15, 0.2) is 18.2 Å². The summed E-state index contributed by atoms with van der Waals surface area (Å²) >= 11 is 1.33. The molecule has 2 aromatic rings. The summed E-state index contributed by atoms with van der Waals surface area (Å²) in [6.45, 7) is 2.11. The summed E-state index contributed by atoms with van der Waals surface area (Å²) < 4.78 is 6.47. The Morgan fingerprint density at radius 2 is 2.03 bits per heavy atom. The standard InChI is InChI=1S/C20H24N4O4S/c1-3-28-13-8-7-9-14-16(13)22-18(29-14)21-15(25)12-24-17(26)20(23(2)19(24)27)10-5-4-6-11-20/h7-9H,3-6,10-12H2,1-2H3,(H,21,22,25). The molecular formula is C20H24N4O4S. The summed E-state index contributed by atoms with van der Waals surface area (Å²) in [7, 11) is 1.66. The number of hydrogen-bond acceptors (Lipinski definition) is 6. The van der Waals surface area contributed by atoms with Crippen molar-refractivity contribution in [3.8, 4) is 5.75 Å². The molecule has 29 heavy (non-hydrogen) atoms.